The molecule has 4 rings (SSSR count). The minimum absolute atomic E-state index is 0.0341. The molecule has 1 fully saturated rings. The van der Waals surface area contributed by atoms with Crippen LogP contribution in [0.2, 0.25) is 0 Å². The number of aromatic nitrogens is 2. The molecule has 9 heteroatoms. The average Bonchev–Trinajstić information content (AvgIpc) is 3.07. The molecular formula is C20H22N4O3S2. The van der Waals surface area contributed by atoms with Crippen LogP contribution in [0.25, 0.3) is 10.2 Å². The number of pyridine rings is 1. The minimum atomic E-state index is -3.40. The highest BCUT2D eigenvalue weighted by Gasteiger charge is 2.38. The van der Waals surface area contributed by atoms with Gasteiger partial charge in [0.05, 0.1) is 39.8 Å². The number of carbonyl (C=O) groups excluding carboxylic acids is 1. The molecule has 0 unspecified atom stereocenters. The third-order valence-corrected chi connectivity index (χ3v) is 7.36. The molecule has 0 aliphatic carbocycles. The molecule has 152 valence electrons. The van der Waals surface area contributed by atoms with E-state index in [1.165, 1.54) is 10.6 Å². The molecule has 1 aliphatic rings. The molecule has 1 aliphatic heterocycles. The van der Waals surface area contributed by atoms with E-state index in [1.807, 2.05) is 30.3 Å². The van der Waals surface area contributed by atoms with Gasteiger partial charge >= 0.3 is 0 Å². The standard InChI is InChI=1S/C20H22N4O3S2/c1-29(26,27)24(12-15-6-4-5-11-21-15)16-13-23(14-16)20(25)10-9-19-22-17-7-2-3-8-18(17)28-19/h2-8,11,16H,9-10,12-14H2,1H3. The van der Waals surface area contributed by atoms with Crippen LogP contribution >= 0.6 is 11.3 Å². The normalized spacial score (nSPS) is 15.0. The van der Waals surface area contributed by atoms with Gasteiger partial charge in [-0.3, -0.25) is 9.78 Å². The number of hydrogen-bond donors (Lipinski definition) is 0. The summed E-state index contributed by atoms with van der Waals surface area (Å²) in [5.74, 6) is 0.0341. The van der Waals surface area contributed by atoms with E-state index < -0.39 is 10.0 Å². The van der Waals surface area contributed by atoms with Gasteiger partial charge in [-0.05, 0) is 24.3 Å². The topological polar surface area (TPSA) is 83.5 Å². The molecule has 0 saturated carbocycles. The molecule has 1 amide bonds. The highest BCUT2D eigenvalue weighted by molar-refractivity contribution is 7.88. The summed E-state index contributed by atoms with van der Waals surface area (Å²) in [7, 11) is -3.40. The summed E-state index contributed by atoms with van der Waals surface area (Å²) in [5, 5.41) is 0.949. The molecule has 3 aromatic rings. The molecule has 3 heterocycles. The number of sulfonamides is 1. The third-order valence-electron chi connectivity index (χ3n) is 4.98. The lowest BCUT2D eigenvalue weighted by Crippen LogP contribution is -2.61. The summed E-state index contributed by atoms with van der Waals surface area (Å²) in [4.78, 5) is 23.0. The van der Waals surface area contributed by atoms with E-state index in [9.17, 15) is 13.2 Å². The molecule has 0 spiro atoms. The number of benzene rings is 1. The van der Waals surface area contributed by atoms with Crippen LogP contribution in [-0.4, -0.2) is 58.9 Å². The van der Waals surface area contributed by atoms with Gasteiger partial charge in [0.1, 0.15) is 0 Å². The van der Waals surface area contributed by atoms with Gasteiger partial charge in [-0.25, -0.2) is 13.4 Å². The number of nitrogens with zero attached hydrogens (tertiary/aromatic N) is 4. The fourth-order valence-electron chi connectivity index (χ4n) is 3.41. The quantitative estimate of drug-likeness (QED) is 0.574. The van der Waals surface area contributed by atoms with Gasteiger partial charge < -0.3 is 4.90 Å². The number of thiazole rings is 1. The highest BCUT2D eigenvalue weighted by Crippen LogP contribution is 2.24. The van der Waals surface area contributed by atoms with Crippen LogP contribution in [0.15, 0.2) is 48.7 Å². The maximum Gasteiger partial charge on any atom is 0.223 e. The van der Waals surface area contributed by atoms with Crippen LogP contribution in [0.5, 0.6) is 0 Å². The zero-order valence-corrected chi connectivity index (χ0v) is 17.7. The Bertz CT molecular complexity index is 1080. The summed E-state index contributed by atoms with van der Waals surface area (Å²) in [6.45, 7) is 1.05. The highest BCUT2D eigenvalue weighted by atomic mass is 32.2. The van der Waals surface area contributed by atoms with E-state index in [4.69, 9.17) is 0 Å². The SMILES string of the molecule is CS(=O)(=O)N(Cc1ccccn1)C1CN(C(=O)CCc2nc3ccccc3s2)C1. The van der Waals surface area contributed by atoms with E-state index in [0.717, 1.165) is 15.2 Å². The van der Waals surface area contributed by atoms with E-state index in [1.54, 1.807) is 34.6 Å². The first-order valence-corrected chi connectivity index (χ1v) is 12.1. The number of para-hydroxylation sites is 1. The zero-order chi connectivity index (χ0) is 20.4. The van der Waals surface area contributed by atoms with Gasteiger partial charge in [-0.1, -0.05) is 18.2 Å². The van der Waals surface area contributed by atoms with Crippen LogP contribution < -0.4 is 0 Å². The van der Waals surface area contributed by atoms with Crippen molar-refractivity contribution in [3.8, 4) is 0 Å². The first-order valence-electron chi connectivity index (χ1n) is 9.39. The van der Waals surface area contributed by atoms with Gasteiger partial charge in [-0.2, -0.15) is 4.31 Å². The molecule has 1 saturated heterocycles. The molecule has 0 N–H and O–H groups in total. The second-order valence-corrected chi connectivity index (χ2v) is 10.2. The summed E-state index contributed by atoms with van der Waals surface area (Å²) < 4.78 is 27.0. The Morgan fingerprint density at radius 3 is 2.66 bits per heavy atom. The van der Waals surface area contributed by atoms with Gasteiger partial charge in [0.2, 0.25) is 15.9 Å². The second kappa shape index (κ2) is 8.17. The van der Waals surface area contributed by atoms with Gasteiger partial charge in [-0.15, -0.1) is 11.3 Å². The molecule has 1 aromatic carbocycles. The van der Waals surface area contributed by atoms with Crippen molar-refractivity contribution in [2.75, 3.05) is 19.3 Å². The molecule has 2 aromatic heterocycles. The fraction of sp³-hybridized carbons (Fsp3) is 0.350. The van der Waals surface area contributed by atoms with Crippen LogP contribution in [0, 0.1) is 0 Å². The summed E-state index contributed by atoms with van der Waals surface area (Å²) in [6.07, 6.45) is 3.83. The number of likely N-dealkylation sites (tertiary alicyclic amines) is 1. The number of rotatable bonds is 7. The number of hydrogen-bond acceptors (Lipinski definition) is 6. The zero-order valence-electron chi connectivity index (χ0n) is 16.1. The van der Waals surface area contributed by atoms with Crippen molar-refractivity contribution in [2.24, 2.45) is 0 Å². The van der Waals surface area contributed by atoms with Gasteiger partial charge in [0.15, 0.2) is 0 Å². The average molecular weight is 431 g/mol. The van der Waals surface area contributed by atoms with Gasteiger partial charge in [0.25, 0.3) is 0 Å². The number of aryl methyl sites for hydroxylation is 1. The summed E-state index contributed by atoms with van der Waals surface area (Å²) >= 11 is 1.61. The lowest BCUT2D eigenvalue weighted by molar-refractivity contribution is -0.137. The van der Waals surface area contributed by atoms with Crippen molar-refractivity contribution in [3.63, 3.8) is 0 Å². The van der Waals surface area contributed by atoms with Gasteiger partial charge in [0, 0.05) is 32.1 Å². The van der Waals surface area contributed by atoms with Crippen LogP contribution in [0.3, 0.4) is 0 Å². The molecule has 0 radical (unpaired) electrons. The number of amides is 1. The van der Waals surface area contributed by atoms with Crippen molar-refractivity contribution in [3.05, 3.63) is 59.4 Å². The Morgan fingerprint density at radius 1 is 1.21 bits per heavy atom. The van der Waals surface area contributed by atoms with E-state index in [-0.39, 0.29) is 18.5 Å². The predicted molar refractivity (Wildman–Crippen MR) is 113 cm³/mol. The first kappa shape index (κ1) is 19.9. The van der Waals surface area contributed by atoms with Crippen molar-refractivity contribution in [2.45, 2.75) is 25.4 Å². The molecular weight excluding hydrogens is 408 g/mol. The lowest BCUT2D eigenvalue weighted by Gasteiger charge is -2.44. The second-order valence-electron chi connectivity index (χ2n) is 7.16. The van der Waals surface area contributed by atoms with E-state index >= 15 is 0 Å². The minimum Gasteiger partial charge on any atom is -0.339 e. The Labute approximate surface area is 174 Å². The lowest BCUT2D eigenvalue weighted by atomic mass is 10.1. The maximum atomic E-state index is 12.5. The van der Waals surface area contributed by atoms with E-state index in [0.29, 0.717) is 31.6 Å². The van der Waals surface area contributed by atoms with Crippen molar-refractivity contribution in [1.82, 2.24) is 19.2 Å². The first-order chi connectivity index (χ1) is 13.9. The molecule has 29 heavy (non-hydrogen) atoms. The largest absolute Gasteiger partial charge is 0.339 e. The Morgan fingerprint density at radius 2 is 1.97 bits per heavy atom. The summed E-state index contributed by atoms with van der Waals surface area (Å²) in [6, 6.07) is 13.2. The molecule has 0 atom stereocenters. The Kier molecular flexibility index (Phi) is 5.62. The van der Waals surface area contributed by atoms with Crippen molar-refractivity contribution in [1.29, 1.82) is 0 Å². The smallest absolute Gasteiger partial charge is 0.223 e. The van der Waals surface area contributed by atoms with Crippen LogP contribution in [-0.2, 0) is 27.8 Å². The number of fused-ring (bicyclic) bond motifs is 1. The van der Waals surface area contributed by atoms with Crippen molar-refractivity contribution < 1.29 is 13.2 Å². The third kappa shape index (κ3) is 4.63. The monoisotopic (exact) mass is 430 g/mol. The van der Waals surface area contributed by atoms with Crippen molar-refractivity contribution >= 4 is 37.5 Å². The fourth-order valence-corrected chi connectivity index (χ4v) is 5.42. The predicted octanol–water partition coefficient (Wildman–Crippen LogP) is 2.30. The van der Waals surface area contributed by atoms with Crippen LogP contribution in [0.4, 0.5) is 0 Å². The van der Waals surface area contributed by atoms with E-state index in [2.05, 4.69) is 9.97 Å². The molecule has 0 bridgehead atoms. The van der Waals surface area contributed by atoms with Crippen LogP contribution in [0.1, 0.15) is 17.1 Å². The summed E-state index contributed by atoms with van der Waals surface area (Å²) in [5.41, 5.74) is 1.65. The number of carbonyl (C=O) groups is 1. The molecule has 7 nitrogen and oxygen atoms in total. The Balaban J connectivity index is 1.33. The Hall–Kier alpha value is -2.36. The maximum absolute atomic E-state index is 12.5.